The minimum absolute atomic E-state index is 0.343. The summed E-state index contributed by atoms with van der Waals surface area (Å²) in [5, 5.41) is 12.9. The van der Waals surface area contributed by atoms with Crippen molar-refractivity contribution in [3.05, 3.63) is 0 Å². The maximum atomic E-state index is 9.11. The Balaban J connectivity index is 2.24. The molecule has 2 N–H and O–H groups in total. The number of hydrogen-bond donors (Lipinski definition) is 2. The lowest BCUT2D eigenvalue weighted by Gasteiger charge is -2.21. The molecular weight excluding hydrogens is 234 g/mol. The molecule has 0 saturated heterocycles. The molecular formula is C17H35NO. The fraction of sp³-hybridized carbons (Fsp3) is 1.00. The van der Waals surface area contributed by atoms with Gasteiger partial charge in [-0.3, -0.25) is 0 Å². The molecule has 1 aliphatic rings. The van der Waals surface area contributed by atoms with Gasteiger partial charge >= 0.3 is 0 Å². The molecule has 0 radical (unpaired) electrons. The zero-order valence-electron chi connectivity index (χ0n) is 13.2. The summed E-state index contributed by atoms with van der Waals surface area (Å²) in [4.78, 5) is 0. The van der Waals surface area contributed by atoms with Crippen LogP contribution in [0.15, 0.2) is 0 Å². The third kappa shape index (κ3) is 7.31. The van der Waals surface area contributed by atoms with Crippen molar-refractivity contribution in [1.82, 2.24) is 5.32 Å². The standard InChI is InChI=1S/C17H35NO/c1-3-6-15-8-5-9-17(11-10-15)18-14-16(7-4-2)12-13-19/h15-19H,3-14H2,1-2H3. The number of aliphatic hydroxyl groups is 1. The lowest BCUT2D eigenvalue weighted by atomic mass is 9.95. The first kappa shape index (κ1) is 17.0. The van der Waals surface area contributed by atoms with Crippen molar-refractivity contribution in [2.24, 2.45) is 11.8 Å². The van der Waals surface area contributed by atoms with Crippen LogP contribution in [-0.2, 0) is 0 Å². The van der Waals surface area contributed by atoms with Crippen LogP contribution >= 0.6 is 0 Å². The van der Waals surface area contributed by atoms with Gasteiger partial charge < -0.3 is 10.4 Å². The zero-order chi connectivity index (χ0) is 13.9. The second-order valence-electron chi connectivity index (χ2n) is 6.44. The summed E-state index contributed by atoms with van der Waals surface area (Å²) in [6.07, 6.45) is 13.2. The summed E-state index contributed by atoms with van der Waals surface area (Å²) in [6.45, 7) is 6.00. The van der Waals surface area contributed by atoms with Gasteiger partial charge in [-0.2, -0.15) is 0 Å². The Kier molecular flexibility index (Phi) is 9.54. The van der Waals surface area contributed by atoms with Gasteiger partial charge in [-0.1, -0.05) is 46.0 Å². The highest BCUT2D eigenvalue weighted by molar-refractivity contribution is 4.76. The Bertz CT molecular complexity index is 201. The Morgan fingerprint density at radius 3 is 2.58 bits per heavy atom. The van der Waals surface area contributed by atoms with Gasteiger partial charge in [0.25, 0.3) is 0 Å². The first-order chi connectivity index (χ1) is 9.30. The monoisotopic (exact) mass is 269 g/mol. The molecule has 1 fully saturated rings. The molecule has 0 bridgehead atoms. The van der Waals surface area contributed by atoms with Crippen molar-refractivity contribution in [1.29, 1.82) is 0 Å². The van der Waals surface area contributed by atoms with Gasteiger partial charge in [0.05, 0.1) is 0 Å². The third-order valence-corrected chi connectivity index (χ3v) is 4.71. The van der Waals surface area contributed by atoms with Crippen LogP contribution in [0.5, 0.6) is 0 Å². The Morgan fingerprint density at radius 2 is 1.89 bits per heavy atom. The zero-order valence-corrected chi connectivity index (χ0v) is 13.2. The Morgan fingerprint density at radius 1 is 1.05 bits per heavy atom. The second-order valence-corrected chi connectivity index (χ2v) is 6.44. The van der Waals surface area contributed by atoms with E-state index in [1.54, 1.807) is 0 Å². The summed E-state index contributed by atoms with van der Waals surface area (Å²) in [7, 11) is 0. The van der Waals surface area contributed by atoms with Crippen LogP contribution in [0.4, 0.5) is 0 Å². The maximum absolute atomic E-state index is 9.11. The molecule has 0 aromatic heterocycles. The maximum Gasteiger partial charge on any atom is 0.0434 e. The number of aliphatic hydroxyl groups excluding tert-OH is 1. The van der Waals surface area contributed by atoms with Crippen LogP contribution in [-0.4, -0.2) is 24.3 Å². The molecule has 3 atom stereocenters. The lowest BCUT2D eigenvalue weighted by molar-refractivity contribution is 0.243. The molecule has 1 saturated carbocycles. The minimum atomic E-state index is 0.343. The fourth-order valence-corrected chi connectivity index (χ4v) is 3.55. The molecule has 0 aliphatic heterocycles. The molecule has 0 amide bonds. The molecule has 19 heavy (non-hydrogen) atoms. The number of hydrogen-bond acceptors (Lipinski definition) is 2. The van der Waals surface area contributed by atoms with Gasteiger partial charge in [0.1, 0.15) is 0 Å². The summed E-state index contributed by atoms with van der Waals surface area (Å²) >= 11 is 0. The molecule has 2 heteroatoms. The van der Waals surface area contributed by atoms with Crippen molar-refractivity contribution in [3.63, 3.8) is 0 Å². The van der Waals surface area contributed by atoms with Crippen LogP contribution in [0.2, 0.25) is 0 Å². The van der Waals surface area contributed by atoms with Crippen molar-refractivity contribution in [2.75, 3.05) is 13.2 Å². The van der Waals surface area contributed by atoms with Crippen molar-refractivity contribution >= 4 is 0 Å². The molecule has 0 heterocycles. The van der Waals surface area contributed by atoms with E-state index in [2.05, 4.69) is 19.2 Å². The average molecular weight is 269 g/mol. The number of rotatable bonds is 9. The third-order valence-electron chi connectivity index (χ3n) is 4.71. The van der Waals surface area contributed by atoms with E-state index >= 15 is 0 Å². The van der Waals surface area contributed by atoms with E-state index in [0.29, 0.717) is 12.5 Å². The first-order valence-corrected chi connectivity index (χ1v) is 8.64. The topological polar surface area (TPSA) is 32.3 Å². The van der Waals surface area contributed by atoms with Gasteiger partial charge in [0.2, 0.25) is 0 Å². The average Bonchev–Trinajstić information content (AvgIpc) is 2.63. The van der Waals surface area contributed by atoms with E-state index in [1.165, 1.54) is 57.8 Å². The van der Waals surface area contributed by atoms with Gasteiger partial charge in [-0.05, 0) is 50.5 Å². The summed E-state index contributed by atoms with van der Waals surface area (Å²) in [5.74, 6) is 1.66. The van der Waals surface area contributed by atoms with E-state index in [9.17, 15) is 0 Å². The van der Waals surface area contributed by atoms with E-state index < -0.39 is 0 Å². The predicted octanol–water partition coefficient (Wildman–Crippen LogP) is 4.12. The SMILES string of the molecule is CCCC1CCCC(NCC(CCC)CCO)CC1. The summed E-state index contributed by atoms with van der Waals surface area (Å²) < 4.78 is 0. The molecule has 1 rings (SSSR count). The largest absolute Gasteiger partial charge is 0.396 e. The first-order valence-electron chi connectivity index (χ1n) is 8.64. The highest BCUT2D eigenvalue weighted by Crippen LogP contribution is 2.26. The molecule has 0 aromatic rings. The van der Waals surface area contributed by atoms with E-state index in [4.69, 9.17) is 5.11 Å². The van der Waals surface area contributed by atoms with Gasteiger partial charge in [-0.15, -0.1) is 0 Å². The van der Waals surface area contributed by atoms with Gasteiger partial charge in [0.15, 0.2) is 0 Å². The normalized spacial score (nSPS) is 26.1. The second kappa shape index (κ2) is 10.7. The number of nitrogens with one attached hydrogen (secondary N) is 1. The summed E-state index contributed by atoms with van der Waals surface area (Å²) in [5.41, 5.74) is 0. The van der Waals surface area contributed by atoms with Crippen LogP contribution in [0, 0.1) is 11.8 Å². The fourth-order valence-electron chi connectivity index (χ4n) is 3.55. The highest BCUT2D eigenvalue weighted by Gasteiger charge is 2.18. The summed E-state index contributed by atoms with van der Waals surface area (Å²) in [6, 6.07) is 0.736. The Hall–Kier alpha value is -0.0800. The van der Waals surface area contributed by atoms with Gasteiger partial charge in [-0.25, -0.2) is 0 Å². The van der Waals surface area contributed by atoms with Gasteiger partial charge in [0, 0.05) is 12.6 Å². The molecule has 3 unspecified atom stereocenters. The highest BCUT2D eigenvalue weighted by atomic mass is 16.3. The molecule has 2 nitrogen and oxygen atoms in total. The molecule has 114 valence electrons. The van der Waals surface area contributed by atoms with Crippen LogP contribution < -0.4 is 5.32 Å². The van der Waals surface area contributed by atoms with Crippen LogP contribution in [0.25, 0.3) is 0 Å². The smallest absolute Gasteiger partial charge is 0.0434 e. The van der Waals surface area contributed by atoms with Crippen LogP contribution in [0.3, 0.4) is 0 Å². The van der Waals surface area contributed by atoms with Crippen LogP contribution in [0.1, 0.15) is 78.1 Å². The minimum Gasteiger partial charge on any atom is -0.396 e. The quantitative estimate of drug-likeness (QED) is 0.617. The van der Waals surface area contributed by atoms with Crippen molar-refractivity contribution in [3.8, 4) is 0 Å². The molecule has 0 aromatic carbocycles. The lowest BCUT2D eigenvalue weighted by Crippen LogP contribution is -2.33. The van der Waals surface area contributed by atoms with E-state index in [1.807, 2.05) is 0 Å². The Labute approximate surface area is 120 Å². The predicted molar refractivity (Wildman–Crippen MR) is 83.4 cm³/mol. The molecule has 0 spiro atoms. The van der Waals surface area contributed by atoms with Crippen molar-refractivity contribution < 1.29 is 5.11 Å². The van der Waals surface area contributed by atoms with E-state index in [-0.39, 0.29) is 0 Å². The van der Waals surface area contributed by atoms with Crippen molar-refractivity contribution in [2.45, 2.75) is 84.1 Å². The van der Waals surface area contributed by atoms with E-state index in [0.717, 1.165) is 24.9 Å². The molecule has 1 aliphatic carbocycles.